The third-order valence-corrected chi connectivity index (χ3v) is 8.09. The van der Waals surface area contributed by atoms with E-state index in [2.05, 4.69) is 10.1 Å². The molecule has 34 heavy (non-hydrogen) atoms. The number of aryl methyl sites for hydroxylation is 1. The Balaban J connectivity index is 1.34. The first-order chi connectivity index (χ1) is 16.5. The number of sulfonamides is 1. The second kappa shape index (κ2) is 9.19. The predicted octanol–water partition coefficient (Wildman–Crippen LogP) is 3.66. The van der Waals surface area contributed by atoms with Crippen molar-refractivity contribution in [2.75, 3.05) is 13.1 Å². The number of fused-ring (bicyclic) bond motifs is 2. The Morgan fingerprint density at radius 2 is 1.91 bits per heavy atom. The van der Waals surface area contributed by atoms with Crippen molar-refractivity contribution in [2.45, 2.75) is 50.7 Å². The predicted molar refractivity (Wildman–Crippen MR) is 126 cm³/mol. The molecular formula is C24H26N4O5S. The molecule has 0 bridgehead atoms. The van der Waals surface area contributed by atoms with Gasteiger partial charge in [0.2, 0.25) is 10.0 Å². The summed E-state index contributed by atoms with van der Waals surface area (Å²) in [5, 5.41) is 4.75. The second-order valence-electron chi connectivity index (χ2n) is 8.35. The van der Waals surface area contributed by atoms with E-state index in [0.717, 1.165) is 30.2 Å². The van der Waals surface area contributed by atoms with E-state index < -0.39 is 16.0 Å². The molecule has 0 aliphatic carbocycles. The molecule has 0 spiro atoms. The second-order valence-corrected chi connectivity index (χ2v) is 10.3. The molecule has 1 saturated heterocycles. The normalized spacial score (nSPS) is 15.2. The summed E-state index contributed by atoms with van der Waals surface area (Å²) in [5.74, 6) is 0.116. The molecule has 2 aromatic carbocycles. The maximum Gasteiger partial charge on any atom is 0.312 e. The number of esters is 1. The van der Waals surface area contributed by atoms with E-state index in [9.17, 15) is 13.2 Å². The van der Waals surface area contributed by atoms with E-state index in [0.29, 0.717) is 42.3 Å². The van der Waals surface area contributed by atoms with Crippen LogP contribution in [0.25, 0.3) is 22.0 Å². The first kappa shape index (κ1) is 22.5. The molecule has 3 heterocycles. The van der Waals surface area contributed by atoms with Gasteiger partial charge in [0.05, 0.1) is 22.3 Å². The highest BCUT2D eigenvalue weighted by atomic mass is 32.2. The van der Waals surface area contributed by atoms with Gasteiger partial charge in [-0.1, -0.05) is 23.7 Å². The number of imidazole rings is 1. The van der Waals surface area contributed by atoms with E-state index in [1.807, 2.05) is 29.7 Å². The zero-order chi connectivity index (χ0) is 23.7. The summed E-state index contributed by atoms with van der Waals surface area (Å²) in [6, 6.07) is 12.4. The molecule has 178 valence electrons. The summed E-state index contributed by atoms with van der Waals surface area (Å²) in [4.78, 5) is 17.3. The highest BCUT2D eigenvalue weighted by Crippen LogP contribution is 2.25. The Morgan fingerprint density at radius 3 is 2.71 bits per heavy atom. The average Bonchev–Trinajstić information content (AvgIpc) is 3.43. The minimum absolute atomic E-state index is 0.0123. The summed E-state index contributed by atoms with van der Waals surface area (Å²) in [7, 11) is -3.55. The zero-order valence-corrected chi connectivity index (χ0v) is 19.8. The Kier molecular flexibility index (Phi) is 6.09. The van der Waals surface area contributed by atoms with Gasteiger partial charge in [-0.2, -0.15) is 4.31 Å². The molecule has 5 rings (SSSR count). The zero-order valence-electron chi connectivity index (χ0n) is 18.9. The smallest absolute Gasteiger partial charge is 0.312 e. The summed E-state index contributed by atoms with van der Waals surface area (Å²) < 4.78 is 40.3. The van der Waals surface area contributed by atoms with Crippen LogP contribution in [0.3, 0.4) is 0 Å². The van der Waals surface area contributed by atoms with Crippen LogP contribution in [-0.2, 0) is 39.1 Å². The van der Waals surface area contributed by atoms with Crippen molar-refractivity contribution in [3.63, 3.8) is 0 Å². The lowest BCUT2D eigenvalue weighted by Gasteiger charge is -2.25. The lowest BCUT2D eigenvalue weighted by molar-refractivity contribution is -0.144. The Bertz CT molecular complexity index is 1450. The topological polar surface area (TPSA) is 108 Å². The van der Waals surface area contributed by atoms with Crippen LogP contribution in [-0.4, -0.2) is 46.5 Å². The van der Waals surface area contributed by atoms with Gasteiger partial charge in [-0.15, -0.1) is 0 Å². The molecular weight excluding hydrogens is 456 g/mol. The summed E-state index contributed by atoms with van der Waals surface area (Å²) in [6.07, 6.45) is 2.81. The van der Waals surface area contributed by atoms with E-state index in [1.54, 1.807) is 28.6 Å². The van der Waals surface area contributed by atoms with Crippen LogP contribution in [0.4, 0.5) is 0 Å². The van der Waals surface area contributed by atoms with Crippen LogP contribution in [0.15, 0.2) is 51.9 Å². The average molecular weight is 483 g/mol. The van der Waals surface area contributed by atoms with Gasteiger partial charge in [0, 0.05) is 25.0 Å². The molecule has 0 N–H and O–H groups in total. The van der Waals surface area contributed by atoms with Gasteiger partial charge >= 0.3 is 5.97 Å². The Hall–Kier alpha value is -3.24. The van der Waals surface area contributed by atoms with Crippen LogP contribution >= 0.6 is 0 Å². The van der Waals surface area contributed by atoms with Crippen LogP contribution in [0.2, 0.25) is 0 Å². The molecule has 1 aliphatic heterocycles. The molecule has 2 aromatic heterocycles. The van der Waals surface area contributed by atoms with Crippen molar-refractivity contribution >= 4 is 38.0 Å². The summed E-state index contributed by atoms with van der Waals surface area (Å²) in [6.45, 7) is 3.64. The number of rotatable bonds is 7. The minimum atomic E-state index is -3.55. The van der Waals surface area contributed by atoms with Crippen LogP contribution in [0, 0.1) is 0 Å². The van der Waals surface area contributed by atoms with Crippen LogP contribution in [0.5, 0.6) is 0 Å². The molecule has 0 radical (unpaired) electrons. The highest BCUT2D eigenvalue weighted by molar-refractivity contribution is 7.89. The largest absolute Gasteiger partial charge is 0.457 e. The Morgan fingerprint density at radius 1 is 1.12 bits per heavy atom. The van der Waals surface area contributed by atoms with Gasteiger partial charge < -0.3 is 13.8 Å². The molecule has 0 amide bonds. The quantitative estimate of drug-likeness (QED) is 0.370. The van der Waals surface area contributed by atoms with Gasteiger partial charge in [-0.3, -0.25) is 4.79 Å². The van der Waals surface area contributed by atoms with Gasteiger partial charge in [0.25, 0.3) is 0 Å². The van der Waals surface area contributed by atoms with Gasteiger partial charge in [-0.05, 0) is 50.1 Å². The third kappa shape index (κ3) is 4.19. The van der Waals surface area contributed by atoms with E-state index in [1.165, 1.54) is 0 Å². The molecule has 4 aromatic rings. The number of benzene rings is 2. The number of carbonyl (C=O) groups is 1. The number of carbonyl (C=O) groups excluding carboxylic acids is 1. The standard InChI is InChI=1S/C24H26N4O5S/c1-2-28-21-11-10-17(34(30,31)27-12-6-3-7-13-27)14-20(21)25-23(28)16-32-24(29)15-19-18-8-4-5-9-22(18)33-26-19/h4-5,8-11,14H,2-3,6-7,12-13,15-16H2,1H3. The molecule has 10 heteroatoms. The summed E-state index contributed by atoms with van der Waals surface area (Å²) >= 11 is 0. The first-order valence-electron chi connectivity index (χ1n) is 11.5. The lowest BCUT2D eigenvalue weighted by Crippen LogP contribution is -2.35. The lowest BCUT2D eigenvalue weighted by atomic mass is 10.2. The maximum atomic E-state index is 13.1. The number of ether oxygens (including phenoxy) is 1. The number of hydrogen-bond acceptors (Lipinski definition) is 7. The van der Waals surface area contributed by atoms with Crippen molar-refractivity contribution in [3.05, 3.63) is 54.0 Å². The van der Waals surface area contributed by atoms with E-state index in [4.69, 9.17) is 9.26 Å². The van der Waals surface area contributed by atoms with Crippen molar-refractivity contribution in [1.29, 1.82) is 0 Å². The molecule has 1 fully saturated rings. The van der Waals surface area contributed by atoms with Crippen LogP contribution < -0.4 is 0 Å². The maximum absolute atomic E-state index is 13.1. The fourth-order valence-corrected chi connectivity index (χ4v) is 5.97. The van der Waals surface area contributed by atoms with Gasteiger partial charge in [0.1, 0.15) is 18.1 Å². The minimum Gasteiger partial charge on any atom is -0.457 e. The van der Waals surface area contributed by atoms with Crippen molar-refractivity contribution in [3.8, 4) is 0 Å². The summed E-state index contributed by atoms with van der Waals surface area (Å²) in [5.41, 5.74) is 2.51. The fourth-order valence-electron chi connectivity index (χ4n) is 4.44. The van der Waals surface area contributed by atoms with Gasteiger partial charge in [0.15, 0.2) is 5.58 Å². The van der Waals surface area contributed by atoms with Gasteiger partial charge in [-0.25, -0.2) is 13.4 Å². The number of hydrogen-bond donors (Lipinski definition) is 0. The van der Waals surface area contributed by atoms with E-state index >= 15 is 0 Å². The Labute approximate surface area is 197 Å². The van der Waals surface area contributed by atoms with Crippen molar-refractivity contribution in [2.24, 2.45) is 0 Å². The third-order valence-electron chi connectivity index (χ3n) is 6.19. The molecule has 0 unspecified atom stereocenters. The molecule has 9 nitrogen and oxygen atoms in total. The van der Waals surface area contributed by atoms with Crippen molar-refractivity contribution in [1.82, 2.24) is 19.0 Å². The number of nitrogens with zero attached hydrogens (tertiary/aromatic N) is 4. The molecule has 1 aliphatic rings. The molecule has 0 atom stereocenters. The fraction of sp³-hybridized carbons (Fsp3) is 0.375. The molecule has 0 saturated carbocycles. The van der Waals surface area contributed by atoms with E-state index in [-0.39, 0.29) is 17.9 Å². The number of para-hydroxylation sites is 1. The highest BCUT2D eigenvalue weighted by Gasteiger charge is 2.27. The van der Waals surface area contributed by atoms with Crippen molar-refractivity contribution < 1.29 is 22.5 Å². The number of piperidine rings is 1. The monoisotopic (exact) mass is 482 g/mol. The first-order valence-corrected chi connectivity index (χ1v) is 12.9. The van der Waals surface area contributed by atoms with Crippen LogP contribution in [0.1, 0.15) is 37.7 Å². The SMILES string of the molecule is CCn1c(COC(=O)Cc2noc3ccccc23)nc2cc(S(=O)(=O)N3CCCCC3)ccc21. The number of aromatic nitrogens is 3.